The summed E-state index contributed by atoms with van der Waals surface area (Å²) in [6.45, 7) is 4.48. The summed E-state index contributed by atoms with van der Waals surface area (Å²) in [6, 6.07) is 16.8. The van der Waals surface area contributed by atoms with E-state index in [1.54, 1.807) is 29.2 Å². The molecule has 6 nitrogen and oxygen atoms in total. The van der Waals surface area contributed by atoms with Gasteiger partial charge in [-0.05, 0) is 49.6 Å². The zero-order chi connectivity index (χ0) is 19.8. The number of hydrogen-bond donors (Lipinski definition) is 2. The van der Waals surface area contributed by atoms with Gasteiger partial charge in [-0.1, -0.05) is 30.3 Å². The van der Waals surface area contributed by atoms with Crippen LogP contribution in [0.3, 0.4) is 0 Å². The fraction of sp³-hybridized carbons (Fsp3) is 0.364. The number of nitrogens with one attached hydrogen (secondary N) is 2. The number of urea groups is 1. The molecule has 1 aliphatic rings. The molecule has 1 atom stereocenters. The van der Waals surface area contributed by atoms with Crippen molar-refractivity contribution in [3.63, 3.8) is 0 Å². The molecule has 1 fully saturated rings. The second-order valence-corrected chi connectivity index (χ2v) is 6.98. The van der Waals surface area contributed by atoms with Crippen LogP contribution in [-0.2, 0) is 11.2 Å². The lowest BCUT2D eigenvalue weighted by molar-refractivity contribution is 0.0718. The van der Waals surface area contributed by atoms with Crippen LogP contribution in [0.5, 0.6) is 0 Å². The van der Waals surface area contributed by atoms with Crippen LogP contribution >= 0.6 is 0 Å². The van der Waals surface area contributed by atoms with Crippen molar-refractivity contribution in [2.45, 2.75) is 25.9 Å². The van der Waals surface area contributed by atoms with Crippen molar-refractivity contribution in [3.8, 4) is 0 Å². The fourth-order valence-electron chi connectivity index (χ4n) is 3.15. The number of benzene rings is 2. The van der Waals surface area contributed by atoms with Gasteiger partial charge in [-0.2, -0.15) is 0 Å². The van der Waals surface area contributed by atoms with Crippen LogP contribution in [0.1, 0.15) is 29.3 Å². The first-order valence-corrected chi connectivity index (χ1v) is 9.71. The highest BCUT2D eigenvalue weighted by molar-refractivity contribution is 5.95. The van der Waals surface area contributed by atoms with Crippen molar-refractivity contribution in [3.05, 3.63) is 65.7 Å². The largest absolute Gasteiger partial charge is 0.377 e. The van der Waals surface area contributed by atoms with Gasteiger partial charge >= 0.3 is 6.03 Å². The fourth-order valence-corrected chi connectivity index (χ4v) is 3.15. The Morgan fingerprint density at radius 1 is 1.11 bits per heavy atom. The van der Waals surface area contributed by atoms with Crippen molar-refractivity contribution in [2.75, 3.05) is 31.6 Å². The standard InChI is InChI=1S/C22H27N3O3/c1-17-16-25(14-5-15-28-17)22(27)24-20-10-8-19(9-11-20)21(26)23-13-12-18-6-3-2-4-7-18/h2-4,6-11,17H,5,12-16H2,1H3,(H,23,26)(H,24,27)/t17-/m1/s1. The molecule has 0 aliphatic carbocycles. The van der Waals surface area contributed by atoms with Crippen LogP contribution in [0.25, 0.3) is 0 Å². The third-order valence-corrected chi connectivity index (χ3v) is 4.68. The third-order valence-electron chi connectivity index (χ3n) is 4.68. The van der Waals surface area contributed by atoms with Gasteiger partial charge in [0.25, 0.3) is 5.91 Å². The highest BCUT2D eigenvalue weighted by atomic mass is 16.5. The topological polar surface area (TPSA) is 70.7 Å². The molecule has 28 heavy (non-hydrogen) atoms. The average molecular weight is 381 g/mol. The number of carbonyl (C=O) groups is 2. The molecule has 3 amide bonds. The average Bonchev–Trinajstić information content (AvgIpc) is 2.94. The van der Waals surface area contributed by atoms with E-state index in [0.717, 1.165) is 12.8 Å². The van der Waals surface area contributed by atoms with E-state index in [0.29, 0.717) is 37.5 Å². The quantitative estimate of drug-likeness (QED) is 0.835. The molecule has 0 bridgehead atoms. The lowest BCUT2D eigenvalue weighted by atomic mass is 10.1. The summed E-state index contributed by atoms with van der Waals surface area (Å²) in [6.07, 6.45) is 1.66. The Balaban J connectivity index is 1.48. The van der Waals surface area contributed by atoms with Crippen LogP contribution in [-0.4, -0.2) is 49.2 Å². The molecule has 0 unspecified atom stereocenters. The summed E-state index contributed by atoms with van der Waals surface area (Å²) in [5.41, 5.74) is 2.43. The lowest BCUT2D eigenvalue weighted by Gasteiger charge is -2.22. The van der Waals surface area contributed by atoms with Gasteiger partial charge in [-0.25, -0.2) is 4.79 Å². The number of nitrogens with zero attached hydrogens (tertiary/aromatic N) is 1. The maximum absolute atomic E-state index is 12.4. The van der Waals surface area contributed by atoms with Crippen LogP contribution in [0, 0.1) is 0 Å². The number of hydrogen-bond acceptors (Lipinski definition) is 3. The number of rotatable bonds is 5. The van der Waals surface area contributed by atoms with Crippen molar-refractivity contribution < 1.29 is 14.3 Å². The minimum absolute atomic E-state index is 0.0372. The Hall–Kier alpha value is -2.86. The molecule has 1 aliphatic heterocycles. The first-order valence-electron chi connectivity index (χ1n) is 9.71. The molecule has 2 N–H and O–H groups in total. The summed E-state index contributed by atoms with van der Waals surface area (Å²) >= 11 is 0. The Bertz CT molecular complexity index is 777. The lowest BCUT2D eigenvalue weighted by Crippen LogP contribution is -2.38. The minimum atomic E-state index is -0.141. The van der Waals surface area contributed by atoms with Gasteiger partial charge in [-0.15, -0.1) is 0 Å². The predicted molar refractivity (Wildman–Crippen MR) is 110 cm³/mol. The van der Waals surface area contributed by atoms with Crippen molar-refractivity contribution in [1.29, 1.82) is 0 Å². The Morgan fingerprint density at radius 2 is 1.86 bits per heavy atom. The molecule has 148 valence electrons. The van der Waals surface area contributed by atoms with Gasteiger partial charge in [0.05, 0.1) is 6.10 Å². The van der Waals surface area contributed by atoms with Crippen LogP contribution in [0.15, 0.2) is 54.6 Å². The first-order chi connectivity index (χ1) is 13.6. The normalized spacial score (nSPS) is 16.9. The van der Waals surface area contributed by atoms with Gasteiger partial charge in [0, 0.05) is 37.5 Å². The van der Waals surface area contributed by atoms with Gasteiger partial charge < -0.3 is 20.3 Å². The van der Waals surface area contributed by atoms with E-state index >= 15 is 0 Å². The van der Waals surface area contributed by atoms with Crippen molar-refractivity contribution >= 4 is 17.6 Å². The molecular formula is C22H27N3O3. The van der Waals surface area contributed by atoms with Gasteiger partial charge in [0.2, 0.25) is 0 Å². The first kappa shape index (κ1) is 19.9. The molecule has 6 heteroatoms. The van der Waals surface area contributed by atoms with E-state index in [9.17, 15) is 9.59 Å². The van der Waals surface area contributed by atoms with Crippen LogP contribution in [0.4, 0.5) is 10.5 Å². The molecule has 1 heterocycles. The predicted octanol–water partition coefficient (Wildman–Crippen LogP) is 3.30. The summed E-state index contributed by atoms with van der Waals surface area (Å²) < 4.78 is 5.57. The highest BCUT2D eigenvalue weighted by Crippen LogP contribution is 2.12. The summed E-state index contributed by atoms with van der Waals surface area (Å²) in [7, 11) is 0. The highest BCUT2D eigenvalue weighted by Gasteiger charge is 2.19. The Kier molecular flexibility index (Phi) is 7.03. The summed E-state index contributed by atoms with van der Waals surface area (Å²) in [4.78, 5) is 26.5. The number of anilines is 1. The molecule has 0 saturated carbocycles. The maximum atomic E-state index is 12.4. The summed E-state index contributed by atoms with van der Waals surface area (Å²) in [5, 5.41) is 5.81. The van der Waals surface area contributed by atoms with Gasteiger partial charge in [-0.3, -0.25) is 4.79 Å². The summed E-state index contributed by atoms with van der Waals surface area (Å²) in [5.74, 6) is -0.118. The van der Waals surface area contributed by atoms with Crippen LogP contribution in [0.2, 0.25) is 0 Å². The molecule has 3 rings (SSSR count). The zero-order valence-electron chi connectivity index (χ0n) is 16.2. The minimum Gasteiger partial charge on any atom is -0.377 e. The van der Waals surface area contributed by atoms with Crippen molar-refractivity contribution in [2.24, 2.45) is 0 Å². The molecule has 0 radical (unpaired) electrons. The van der Waals surface area contributed by atoms with E-state index in [1.807, 2.05) is 37.3 Å². The van der Waals surface area contributed by atoms with Gasteiger partial charge in [0.15, 0.2) is 0 Å². The van der Waals surface area contributed by atoms with E-state index in [-0.39, 0.29) is 18.0 Å². The van der Waals surface area contributed by atoms with E-state index in [4.69, 9.17) is 4.74 Å². The van der Waals surface area contributed by atoms with E-state index < -0.39 is 0 Å². The molecular weight excluding hydrogens is 354 g/mol. The monoisotopic (exact) mass is 381 g/mol. The third kappa shape index (κ3) is 5.82. The second kappa shape index (κ2) is 9.90. The smallest absolute Gasteiger partial charge is 0.321 e. The number of ether oxygens (including phenoxy) is 1. The molecule has 2 aromatic rings. The maximum Gasteiger partial charge on any atom is 0.321 e. The van der Waals surface area contributed by atoms with Crippen molar-refractivity contribution in [1.82, 2.24) is 10.2 Å². The molecule has 0 spiro atoms. The number of carbonyl (C=O) groups excluding carboxylic acids is 2. The zero-order valence-corrected chi connectivity index (χ0v) is 16.2. The molecule has 1 saturated heterocycles. The molecule has 0 aromatic heterocycles. The molecule has 2 aromatic carbocycles. The van der Waals surface area contributed by atoms with Gasteiger partial charge in [0.1, 0.15) is 0 Å². The second-order valence-electron chi connectivity index (χ2n) is 6.98. The van der Waals surface area contributed by atoms with E-state index in [1.165, 1.54) is 5.56 Å². The SMILES string of the molecule is C[C@@H]1CN(C(=O)Nc2ccc(C(=O)NCCc3ccccc3)cc2)CCCO1. The van der Waals surface area contributed by atoms with Crippen LogP contribution < -0.4 is 10.6 Å². The Morgan fingerprint density at radius 3 is 2.61 bits per heavy atom. The number of amides is 3. The Labute approximate surface area is 165 Å². The van der Waals surface area contributed by atoms with E-state index in [2.05, 4.69) is 10.6 Å².